The molecule has 1 N–H and O–H groups in total. The van der Waals surface area contributed by atoms with Crippen LogP contribution in [0.15, 0.2) is 29.2 Å². The van der Waals surface area contributed by atoms with Crippen molar-refractivity contribution >= 4 is 11.8 Å². The van der Waals surface area contributed by atoms with Gasteiger partial charge in [0.1, 0.15) is 0 Å². The summed E-state index contributed by atoms with van der Waals surface area (Å²) in [7, 11) is 0. The van der Waals surface area contributed by atoms with Crippen molar-refractivity contribution in [1.29, 1.82) is 0 Å². The Balaban J connectivity index is 1.25. The number of morpholine rings is 1. The molecular weight excluding hydrogens is 280 g/mol. The third kappa shape index (κ3) is 3.00. The second kappa shape index (κ2) is 6.29. The molecule has 0 aromatic heterocycles. The van der Waals surface area contributed by atoms with Crippen LogP contribution in [0.25, 0.3) is 0 Å². The molecule has 21 heavy (non-hydrogen) atoms. The zero-order chi connectivity index (χ0) is 14.1. The highest BCUT2D eigenvalue weighted by atomic mass is 32.2. The van der Waals surface area contributed by atoms with E-state index in [4.69, 9.17) is 4.74 Å². The molecule has 4 heteroatoms. The van der Waals surface area contributed by atoms with E-state index < -0.39 is 0 Å². The molecule has 3 nitrogen and oxygen atoms in total. The Morgan fingerprint density at radius 1 is 1.29 bits per heavy atom. The fourth-order valence-electron chi connectivity index (χ4n) is 3.83. The number of rotatable bonds is 4. The van der Waals surface area contributed by atoms with Crippen molar-refractivity contribution in [1.82, 2.24) is 10.2 Å². The van der Waals surface area contributed by atoms with Crippen molar-refractivity contribution in [3.8, 4) is 0 Å². The van der Waals surface area contributed by atoms with E-state index in [1.54, 1.807) is 0 Å². The van der Waals surface area contributed by atoms with Crippen LogP contribution in [0, 0.1) is 0 Å². The van der Waals surface area contributed by atoms with Gasteiger partial charge in [-0.3, -0.25) is 4.90 Å². The Bertz CT molecular complexity index is 495. The minimum absolute atomic E-state index is 0.378. The molecule has 1 aromatic carbocycles. The Labute approximate surface area is 131 Å². The first-order valence-electron chi connectivity index (χ1n) is 8.18. The van der Waals surface area contributed by atoms with Crippen LogP contribution in [0.3, 0.4) is 0 Å². The molecule has 0 radical (unpaired) electrons. The topological polar surface area (TPSA) is 24.5 Å². The summed E-state index contributed by atoms with van der Waals surface area (Å²) in [5.74, 6) is 1.88. The smallest absolute Gasteiger partial charge is 0.0826 e. The van der Waals surface area contributed by atoms with Gasteiger partial charge in [-0.2, -0.15) is 0 Å². The molecule has 0 spiro atoms. The first-order chi connectivity index (χ1) is 10.4. The van der Waals surface area contributed by atoms with Crippen LogP contribution in [0.4, 0.5) is 0 Å². The van der Waals surface area contributed by atoms with E-state index in [-0.39, 0.29) is 0 Å². The summed E-state index contributed by atoms with van der Waals surface area (Å²) < 4.78 is 6.02. The number of fused-ring (bicyclic) bond motifs is 2. The highest BCUT2D eigenvalue weighted by molar-refractivity contribution is 7.99. The van der Waals surface area contributed by atoms with E-state index in [9.17, 15) is 0 Å². The zero-order valence-corrected chi connectivity index (χ0v) is 13.3. The number of nitrogens with one attached hydrogen (secondary N) is 1. The van der Waals surface area contributed by atoms with Crippen molar-refractivity contribution in [2.45, 2.75) is 35.8 Å². The molecule has 3 aliphatic rings. The molecular formula is C17H24N2OS. The maximum absolute atomic E-state index is 6.02. The summed E-state index contributed by atoms with van der Waals surface area (Å²) in [6.45, 7) is 5.40. The van der Waals surface area contributed by atoms with E-state index in [0.29, 0.717) is 18.1 Å². The second-order valence-corrected chi connectivity index (χ2v) is 7.51. The Morgan fingerprint density at radius 2 is 2.24 bits per heavy atom. The molecule has 3 atom stereocenters. The van der Waals surface area contributed by atoms with Gasteiger partial charge in [0.15, 0.2) is 0 Å². The molecule has 0 bridgehead atoms. The van der Waals surface area contributed by atoms with E-state index >= 15 is 0 Å². The highest BCUT2D eigenvalue weighted by Gasteiger charge is 2.32. The molecule has 0 saturated carbocycles. The van der Waals surface area contributed by atoms with Gasteiger partial charge in [0.2, 0.25) is 0 Å². The third-order valence-corrected chi connectivity index (χ3v) is 6.27. The average Bonchev–Trinajstić information content (AvgIpc) is 3.14. The number of hydrogen-bond acceptors (Lipinski definition) is 4. The van der Waals surface area contributed by atoms with Crippen LogP contribution in [-0.4, -0.2) is 55.6 Å². The molecule has 4 rings (SSSR count). The maximum Gasteiger partial charge on any atom is 0.0826 e. The lowest BCUT2D eigenvalue weighted by Crippen LogP contribution is -2.49. The summed E-state index contributed by atoms with van der Waals surface area (Å²) in [5.41, 5.74) is 1.53. The van der Waals surface area contributed by atoms with Crippen molar-refractivity contribution in [3.05, 3.63) is 29.8 Å². The fourth-order valence-corrected chi connectivity index (χ4v) is 5.08. The molecule has 2 fully saturated rings. The van der Waals surface area contributed by atoms with Crippen molar-refractivity contribution < 1.29 is 4.74 Å². The summed E-state index contributed by atoms with van der Waals surface area (Å²) in [5, 5.41) is 3.65. The Morgan fingerprint density at radius 3 is 3.24 bits per heavy atom. The normalized spacial score (nSPS) is 32.1. The van der Waals surface area contributed by atoms with Gasteiger partial charge in [-0.15, -0.1) is 11.8 Å². The quantitative estimate of drug-likeness (QED) is 0.923. The van der Waals surface area contributed by atoms with E-state index in [0.717, 1.165) is 26.2 Å². The number of ether oxygens (including phenoxy) is 1. The molecule has 2 saturated heterocycles. The van der Waals surface area contributed by atoms with E-state index in [1.807, 2.05) is 11.8 Å². The van der Waals surface area contributed by atoms with Gasteiger partial charge >= 0.3 is 0 Å². The van der Waals surface area contributed by atoms with Crippen LogP contribution in [0.1, 0.15) is 24.3 Å². The maximum atomic E-state index is 6.02. The van der Waals surface area contributed by atoms with Gasteiger partial charge in [0.05, 0.1) is 12.7 Å². The molecule has 0 aliphatic carbocycles. The summed E-state index contributed by atoms with van der Waals surface area (Å²) in [6, 6.07) is 9.55. The minimum Gasteiger partial charge on any atom is -0.374 e. The lowest BCUT2D eigenvalue weighted by Gasteiger charge is -2.35. The van der Waals surface area contributed by atoms with Crippen LogP contribution >= 0.6 is 11.8 Å². The molecule has 3 aliphatic heterocycles. The second-order valence-electron chi connectivity index (χ2n) is 6.45. The van der Waals surface area contributed by atoms with Gasteiger partial charge in [-0.25, -0.2) is 0 Å². The molecule has 3 heterocycles. The SMILES string of the molecule is c1ccc2c(c1)SCC2CNCC1CN2CCCC2CO1. The minimum atomic E-state index is 0.378. The third-order valence-electron chi connectivity index (χ3n) is 5.02. The van der Waals surface area contributed by atoms with Crippen LogP contribution in [0.5, 0.6) is 0 Å². The first-order valence-corrected chi connectivity index (χ1v) is 9.17. The van der Waals surface area contributed by atoms with Crippen molar-refractivity contribution in [2.24, 2.45) is 0 Å². The Hall–Kier alpha value is -0.550. The zero-order valence-electron chi connectivity index (χ0n) is 12.5. The number of thioether (sulfide) groups is 1. The monoisotopic (exact) mass is 304 g/mol. The van der Waals surface area contributed by atoms with Crippen LogP contribution in [-0.2, 0) is 4.74 Å². The standard InChI is InChI=1S/C17H24N2OS/c1-2-6-17-16(5-1)13(12-21-17)8-18-9-15-10-19-7-3-4-14(19)11-20-15/h1-2,5-6,13-15,18H,3-4,7-12H2. The van der Waals surface area contributed by atoms with E-state index in [1.165, 1.54) is 35.6 Å². The van der Waals surface area contributed by atoms with Crippen molar-refractivity contribution in [3.63, 3.8) is 0 Å². The van der Waals surface area contributed by atoms with Gasteiger partial charge < -0.3 is 10.1 Å². The number of nitrogens with zero attached hydrogens (tertiary/aromatic N) is 1. The number of hydrogen-bond donors (Lipinski definition) is 1. The lowest BCUT2D eigenvalue weighted by atomic mass is 10.0. The predicted molar refractivity (Wildman–Crippen MR) is 87.1 cm³/mol. The van der Waals surface area contributed by atoms with Gasteiger partial charge in [0.25, 0.3) is 0 Å². The van der Waals surface area contributed by atoms with Gasteiger partial charge in [-0.1, -0.05) is 18.2 Å². The van der Waals surface area contributed by atoms with Gasteiger partial charge in [0, 0.05) is 42.2 Å². The molecule has 1 aromatic rings. The van der Waals surface area contributed by atoms with Gasteiger partial charge in [-0.05, 0) is 31.0 Å². The van der Waals surface area contributed by atoms with Crippen LogP contribution in [0.2, 0.25) is 0 Å². The fraction of sp³-hybridized carbons (Fsp3) is 0.647. The summed E-state index contributed by atoms with van der Waals surface area (Å²) in [4.78, 5) is 4.09. The molecule has 0 amide bonds. The average molecular weight is 304 g/mol. The number of benzene rings is 1. The van der Waals surface area contributed by atoms with E-state index in [2.05, 4.69) is 34.5 Å². The first kappa shape index (κ1) is 14.1. The highest BCUT2D eigenvalue weighted by Crippen LogP contribution is 2.38. The van der Waals surface area contributed by atoms with Crippen LogP contribution < -0.4 is 5.32 Å². The summed E-state index contributed by atoms with van der Waals surface area (Å²) >= 11 is 2.00. The van der Waals surface area contributed by atoms with Crippen molar-refractivity contribution in [2.75, 3.05) is 38.5 Å². The summed E-state index contributed by atoms with van der Waals surface area (Å²) in [6.07, 6.45) is 3.06. The Kier molecular flexibility index (Phi) is 4.21. The molecule has 3 unspecified atom stereocenters. The lowest BCUT2D eigenvalue weighted by molar-refractivity contribution is -0.0469. The predicted octanol–water partition coefficient (Wildman–Crippen LogP) is 2.33. The molecule has 114 valence electrons. The largest absolute Gasteiger partial charge is 0.374 e.